The predicted molar refractivity (Wildman–Crippen MR) is 95.5 cm³/mol. The number of amides is 1. The zero-order chi connectivity index (χ0) is 17.6. The molecule has 0 aliphatic carbocycles. The van der Waals surface area contributed by atoms with Crippen molar-refractivity contribution in [2.45, 2.75) is 20.0 Å². The Labute approximate surface area is 151 Å². The van der Waals surface area contributed by atoms with Crippen molar-refractivity contribution in [3.8, 4) is 0 Å². The van der Waals surface area contributed by atoms with E-state index in [0.29, 0.717) is 23.8 Å². The van der Waals surface area contributed by atoms with Gasteiger partial charge in [0, 0.05) is 0 Å². The molecule has 0 saturated heterocycles. The molecular weight excluding hydrogens is 340 g/mol. The summed E-state index contributed by atoms with van der Waals surface area (Å²) in [5.41, 5.74) is 1.67. The van der Waals surface area contributed by atoms with E-state index in [-0.39, 0.29) is 12.5 Å². The van der Waals surface area contributed by atoms with Gasteiger partial charge in [0.1, 0.15) is 13.1 Å². The van der Waals surface area contributed by atoms with Crippen molar-refractivity contribution in [2.75, 3.05) is 11.9 Å². The van der Waals surface area contributed by atoms with Crippen molar-refractivity contribution in [1.29, 1.82) is 0 Å². The van der Waals surface area contributed by atoms with Crippen LogP contribution in [0, 0.1) is 6.92 Å². The highest BCUT2D eigenvalue weighted by molar-refractivity contribution is 6.33. The van der Waals surface area contributed by atoms with Crippen LogP contribution in [0.25, 0.3) is 0 Å². The SMILES string of the molecule is Cc1ccc(NC(=O)C[NH+](Cc2ccco2)Cc2ccco2)c(Cl)c1. The van der Waals surface area contributed by atoms with Crippen LogP contribution in [0.1, 0.15) is 17.1 Å². The lowest BCUT2D eigenvalue weighted by Crippen LogP contribution is -3.10. The van der Waals surface area contributed by atoms with Gasteiger partial charge in [-0.2, -0.15) is 0 Å². The maximum atomic E-state index is 12.5. The molecule has 2 N–H and O–H groups in total. The normalized spacial score (nSPS) is 11.0. The highest BCUT2D eigenvalue weighted by Crippen LogP contribution is 2.22. The number of rotatable bonds is 7. The number of aryl methyl sites for hydroxylation is 1. The molecule has 25 heavy (non-hydrogen) atoms. The average Bonchev–Trinajstić information content (AvgIpc) is 3.24. The standard InChI is InChI=1S/C19H19ClN2O3/c1-14-6-7-18(17(20)10-14)21-19(23)13-22(11-15-4-2-8-24-15)12-16-5-3-9-25-16/h2-10H,11-13H2,1H3,(H,21,23)/p+1. The number of benzene rings is 1. The van der Waals surface area contributed by atoms with Gasteiger partial charge in [0.2, 0.25) is 0 Å². The fraction of sp³-hybridized carbons (Fsp3) is 0.211. The van der Waals surface area contributed by atoms with Crippen LogP contribution in [0.4, 0.5) is 5.69 Å². The summed E-state index contributed by atoms with van der Waals surface area (Å²) in [4.78, 5) is 13.5. The quantitative estimate of drug-likeness (QED) is 0.681. The second-order valence-electron chi connectivity index (χ2n) is 5.97. The molecule has 0 spiro atoms. The Morgan fingerprint density at radius 1 is 1.08 bits per heavy atom. The van der Waals surface area contributed by atoms with Crippen molar-refractivity contribution in [2.24, 2.45) is 0 Å². The van der Waals surface area contributed by atoms with Crippen LogP contribution in [0.2, 0.25) is 5.02 Å². The van der Waals surface area contributed by atoms with Gasteiger partial charge in [-0.25, -0.2) is 0 Å². The fourth-order valence-electron chi connectivity index (χ4n) is 2.65. The van der Waals surface area contributed by atoms with E-state index < -0.39 is 0 Å². The summed E-state index contributed by atoms with van der Waals surface area (Å²) in [6.07, 6.45) is 3.26. The van der Waals surface area contributed by atoms with E-state index in [1.54, 1.807) is 12.5 Å². The number of carbonyl (C=O) groups excluding carboxylic acids is 1. The topological polar surface area (TPSA) is 59.8 Å². The monoisotopic (exact) mass is 359 g/mol. The molecule has 130 valence electrons. The van der Waals surface area contributed by atoms with Gasteiger partial charge in [-0.3, -0.25) is 4.79 Å². The molecule has 1 aromatic carbocycles. The fourth-order valence-corrected chi connectivity index (χ4v) is 2.93. The maximum Gasteiger partial charge on any atom is 0.279 e. The van der Waals surface area contributed by atoms with E-state index in [1.807, 2.05) is 49.4 Å². The molecule has 0 unspecified atom stereocenters. The summed E-state index contributed by atoms with van der Waals surface area (Å²) in [6.45, 7) is 3.40. The van der Waals surface area contributed by atoms with Crippen molar-refractivity contribution < 1.29 is 18.5 Å². The van der Waals surface area contributed by atoms with Crippen LogP contribution in [-0.2, 0) is 17.9 Å². The van der Waals surface area contributed by atoms with E-state index in [0.717, 1.165) is 22.0 Å². The van der Waals surface area contributed by atoms with Gasteiger partial charge in [-0.05, 0) is 48.9 Å². The molecule has 0 radical (unpaired) electrons. The van der Waals surface area contributed by atoms with Crippen LogP contribution in [0.5, 0.6) is 0 Å². The third kappa shape index (κ3) is 4.98. The molecule has 1 amide bonds. The molecule has 6 heteroatoms. The third-order valence-corrected chi connectivity index (χ3v) is 4.13. The number of hydrogen-bond donors (Lipinski definition) is 2. The lowest BCUT2D eigenvalue weighted by atomic mass is 10.2. The molecular formula is C19H20ClN2O3+. The van der Waals surface area contributed by atoms with E-state index in [9.17, 15) is 4.79 Å². The second kappa shape index (κ2) is 8.05. The number of nitrogens with one attached hydrogen (secondary N) is 2. The molecule has 0 bridgehead atoms. The Bertz CT molecular complexity index is 777. The predicted octanol–water partition coefficient (Wildman–Crippen LogP) is 3.06. The van der Waals surface area contributed by atoms with Gasteiger partial charge in [0.05, 0.1) is 23.2 Å². The van der Waals surface area contributed by atoms with E-state index in [2.05, 4.69) is 5.32 Å². The van der Waals surface area contributed by atoms with Crippen LogP contribution in [-0.4, -0.2) is 12.5 Å². The van der Waals surface area contributed by atoms with Crippen LogP contribution >= 0.6 is 11.6 Å². The minimum absolute atomic E-state index is 0.112. The number of quaternary nitrogens is 1. The maximum absolute atomic E-state index is 12.5. The Kier molecular flexibility index (Phi) is 5.58. The highest BCUT2D eigenvalue weighted by Gasteiger charge is 2.19. The number of hydrogen-bond acceptors (Lipinski definition) is 3. The molecule has 0 fully saturated rings. The lowest BCUT2D eigenvalue weighted by molar-refractivity contribution is -0.921. The Morgan fingerprint density at radius 3 is 2.24 bits per heavy atom. The van der Waals surface area contributed by atoms with Gasteiger partial charge in [0.25, 0.3) is 5.91 Å². The van der Waals surface area contributed by atoms with E-state index in [1.165, 1.54) is 0 Å². The molecule has 5 nitrogen and oxygen atoms in total. The van der Waals surface area contributed by atoms with Crippen molar-refractivity contribution in [1.82, 2.24) is 0 Å². The largest absolute Gasteiger partial charge is 0.463 e. The summed E-state index contributed by atoms with van der Waals surface area (Å²) in [5, 5.41) is 3.41. The molecule has 0 atom stereocenters. The van der Waals surface area contributed by atoms with Gasteiger partial charge in [-0.15, -0.1) is 0 Å². The smallest absolute Gasteiger partial charge is 0.279 e. The summed E-state index contributed by atoms with van der Waals surface area (Å²) in [6, 6.07) is 13.0. The first-order valence-corrected chi connectivity index (χ1v) is 8.42. The number of halogens is 1. The van der Waals surface area contributed by atoms with Crippen LogP contribution < -0.4 is 10.2 Å². The summed E-state index contributed by atoms with van der Waals surface area (Å²) in [5.74, 6) is 1.53. The zero-order valence-electron chi connectivity index (χ0n) is 13.9. The van der Waals surface area contributed by atoms with Crippen LogP contribution in [0.3, 0.4) is 0 Å². The second-order valence-corrected chi connectivity index (χ2v) is 6.38. The number of carbonyl (C=O) groups is 1. The summed E-state index contributed by atoms with van der Waals surface area (Å²) >= 11 is 6.19. The van der Waals surface area contributed by atoms with Crippen molar-refractivity contribution >= 4 is 23.2 Å². The molecule has 2 aromatic heterocycles. The first-order chi connectivity index (χ1) is 12.1. The number of furan rings is 2. The molecule has 2 heterocycles. The molecule has 3 rings (SSSR count). The molecule has 0 aliphatic rings. The lowest BCUT2D eigenvalue weighted by Gasteiger charge is -2.17. The molecule has 0 saturated carbocycles. The van der Waals surface area contributed by atoms with Crippen molar-refractivity contribution in [3.05, 3.63) is 77.1 Å². The van der Waals surface area contributed by atoms with Gasteiger partial charge >= 0.3 is 0 Å². The first kappa shape index (κ1) is 17.3. The van der Waals surface area contributed by atoms with Crippen molar-refractivity contribution in [3.63, 3.8) is 0 Å². The Balaban J connectivity index is 1.66. The van der Waals surface area contributed by atoms with Gasteiger partial charge < -0.3 is 19.1 Å². The van der Waals surface area contributed by atoms with Gasteiger partial charge in [-0.1, -0.05) is 17.7 Å². The molecule has 3 aromatic rings. The Morgan fingerprint density at radius 2 is 1.72 bits per heavy atom. The summed E-state index contributed by atoms with van der Waals surface area (Å²) in [7, 11) is 0. The van der Waals surface area contributed by atoms with Crippen LogP contribution in [0.15, 0.2) is 63.8 Å². The number of anilines is 1. The van der Waals surface area contributed by atoms with Gasteiger partial charge in [0.15, 0.2) is 18.1 Å². The minimum atomic E-state index is -0.112. The Hall–Kier alpha value is -2.50. The highest BCUT2D eigenvalue weighted by atomic mass is 35.5. The molecule has 0 aliphatic heterocycles. The average molecular weight is 360 g/mol. The van der Waals surface area contributed by atoms with E-state index in [4.69, 9.17) is 20.4 Å². The third-order valence-electron chi connectivity index (χ3n) is 3.82. The van der Waals surface area contributed by atoms with E-state index >= 15 is 0 Å². The minimum Gasteiger partial charge on any atom is -0.463 e. The summed E-state index contributed by atoms with van der Waals surface area (Å²) < 4.78 is 10.8. The zero-order valence-corrected chi connectivity index (χ0v) is 14.7. The first-order valence-electron chi connectivity index (χ1n) is 8.04.